The Morgan fingerprint density at radius 1 is 0.964 bits per heavy atom. The van der Waals surface area contributed by atoms with Crippen LogP contribution in [0, 0.1) is 0 Å². The van der Waals surface area contributed by atoms with Crippen molar-refractivity contribution in [2.75, 3.05) is 24.3 Å². The average Bonchev–Trinajstić information content (AvgIpc) is 3.14. The molecule has 1 N–H and O–H groups in total. The van der Waals surface area contributed by atoms with Crippen LogP contribution in [-0.4, -0.2) is 29.8 Å². The van der Waals surface area contributed by atoms with Gasteiger partial charge in [0.2, 0.25) is 0 Å². The zero-order valence-electron chi connectivity index (χ0n) is 16.0. The minimum Gasteiger partial charge on any atom is -0.378 e. The zero-order valence-corrected chi connectivity index (χ0v) is 16.0. The Bertz CT molecular complexity index is 1110. The molecule has 3 aromatic carbocycles. The monoisotopic (exact) mass is 370 g/mol. The first-order chi connectivity index (χ1) is 13.6. The van der Waals surface area contributed by atoms with Crippen molar-refractivity contribution in [3.8, 4) is 0 Å². The Balaban J connectivity index is 1.55. The molecule has 0 atom stereocenters. The molecule has 0 unspecified atom stereocenters. The van der Waals surface area contributed by atoms with Gasteiger partial charge in [-0.05, 0) is 34.5 Å². The number of carbonyl (C=O) groups excluding carboxylic acids is 1. The molecule has 4 aromatic rings. The second kappa shape index (κ2) is 7.56. The number of hydrogen-bond acceptors (Lipinski definition) is 3. The molecule has 0 spiro atoms. The fourth-order valence-corrected chi connectivity index (χ4v) is 3.24. The van der Waals surface area contributed by atoms with Crippen LogP contribution < -0.4 is 10.2 Å². The van der Waals surface area contributed by atoms with Crippen LogP contribution in [0.1, 0.15) is 15.9 Å². The first-order valence-corrected chi connectivity index (χ1v) is 9.19. The first kappa shape index (κ1) is 17.8. The second-order valence-electron chi connectivity index (χ2n) is 6.92. The molecule has 4 rings (SSSR count). The summed E-state index contributed by atoms with van der Waals surface area (Å²) in [6, 6.07) is 23.8. The van der Waals surface area contributed by atoms with Crippen LogP contribution >= 0.6 is 0 Å². The summed E-state index contributed by atoms with van der Waals surface area (Å²) in [6.07, 6.45) is 1.70. The quantitative estimate of drug-likeness (QED) is 0.566. The lowest BCUT2D eigenvalue weighted by Gasteiger charge is -2.14. The van der Waals surface area contributed by atoms with Crippen molar-refractivity contribution in [3.05, 3.63) is 90.1 Å². The molecule has 1 aromatic heterocycles. The predicted molar refractivity (Wildman–Crippen MR) is 114 cm³/mol. The second-order valence-corrected chi connectivity index (χ2v) is 6.92. The van der Waals surface area contributed by atoms with E-state index in [2.05, 4.69) is 39.6 Å². The van der Waals surface area contributed by atoms with Gasteiger partial charge in [0.15, 0.2) is 0 Å². The van der Waals surface area contributed by atoms with Crippen LogP contribution in [0.5, 0.6) is 0 Å². The van der Waals surface area contributed by atoms with Gasteiger partial charge < -0.3 is 10.2 Å². The fraction of sp³-hybridized carbons (Fsp3) is 0.130. The molecule has 0 bridgehead atoms. The number of nitrogens with one attached hydrogen (secondary N) is 1. The van der Waals surface area contributed by atoms with Crippen LogP contribution in [0.25, 0.3) is 10.8 Å². The highest BCUT2D eigenvalue weighted by molar-refractivity contribution is 6.12. The number of anilines is 2. The SMILES string of the molecule is CN(C)c1ccc(Cn2nccc2NC(=O)c2cccc3ccccc23)cc1. The minimum absolute atomic E-state index is 0.137. The third kappa shape index (κ3) is 3.60. The highest BCUT2D eigenvalue weighted by Gasteiger charge is 2.12. The molecule has 140 valence electrons. The van der Waals surface area contributed by atoms with Gasteiger partial charge in [-0.1, -0.05) is 48.5 Å². The summed E-state index contributed by atoms with van der Waals surface area (Å²) in [5.41, 5.74) is 2.92. The van der Waals surface area contributed by atoms with E-state index in [1.807, 2.05) is 62.6 Å². The summed E-state index contributed by atoms with van der Waals surface area (Å²) >= 11 is 0. The van der Waals surface area contributed by atoms with Gasteiger partial charge in [-0.25, -0.2) is 4.68 Å². The number of amides is 1. The van der Waals surface area contributed by atoms with E-state index < -0.39 is 0 Å². The molecule has 0 saturated carbocycles. The van der Waals surface area contributed by atoms with Gasteiger partial charge in [-0.15, -0.1) is 0 Å². The number of carbonyl (C=O) groups is 1. The molecule has 0 radical (unpaired) electrons. The molecule has 0 aliphatic rings. The maximum atomic E-state index is 12.9. The number of rotatable bonds is 5. The Hall–Kier alpha value is -3.60. The molecular weight excluding hydrogens is 348 g/mol. The van der Waals surface area contributed by atoms with Crippen LogP contribution in [-0.2, 0) is 6.54 Å². The molecule has 0 aliphatic heterocycles. The molecule has 28 heavy (non-hydrogen) atoms. The maximum absolute atomic E-state index is 12.9. The summed E-state index contributed by atoms with van der Waals surface area (Å²) in [5, 5.41) is 9.36. The highest BCUT2D eigenvalue weighted by Crippen LogP contribution is 2.20. The van der Waals surface area contributed by atoms with Crippen LogP contribution in [0.4, 0.5) is 11.5 Å². The highest BCUT2D eigenvalue weighted by atomic mass is 16.1. The van der Waals surface area contributed by atoms with E-state index in [1.165, 1.54) is 0 Å². The van der Waals surface area contributed by atoms with E-state index in [-0.39, 0.29) is 5.91 Å². The van der Waals surface area contributed by atoms with E-state index in [1.54, 1.807) is 10.9 Å². The molecule has 5 heteroatoms. The van der Waals surface area contributed by atoms with E-state index in [0.29, 0.717) is 17.9 Å². The Morgan fingerprint density at radius 3 is 2.50 bits per heavy atom. The summed E-state index contributed by atoms with van der Waals surface area (Å²) < 4.78 is 1.80. The van der Waals surface area contributed by atoms with E-state index >= 15 is 0 Å². The van der Waals surface area contributed by atoms with Crippen molar-refractivity contribution in [2.45, 2.75) is 6.54 Å². The van der Waals surface area contributed by atoms with Crippen molar-refractivity contribution in [2.24, 2.45) is 0 Å². The molecule has 0 aliphatic carbocycles. The van der Waals surface area contributed by atoms with Crippen molar-refractivity contribution < 1.29 is 4.79 Å². The average molecular weight is 370 g/mol. The largest absolute Gasteiger partial charge is 0.378 e. The molecule has 0 fully saturated rings. The third-order valence-corrected chi connectivity index (χ3v) is 4.78. The lowest BCUT2D eigenvalue weighted by molar-refractivity contribution is 0.102. The number of hydrogen-bond donors (Lipinski definition) is 1. The van der Waals surface area contributed by atoms with E-state index in [0.717, 1.165) is 22.0 Å². The minimum atomic E-state index is -0.137. The van der Waals surface area contributed by atoms with E-state index in [4.69, 9.17) is 0 Å². The summed E-state index contributed by atoms with van der Waals surface area (Å²) in [5.74, 6) is 0.538. The summed E-state index contributed by atoms with van der Waals surface area (Å²) in [7, 11) is 4.03. The predicted octanol–water partition coefficient (Wildman–Crippen LogP) is 4.40. The number of benzene rings is 3. The van der Waals surface area contributed by atoms with Gasteiger partial charge >= 0.3 is 0 Å². The van der Waals surface area contributed by atoms with E-state index in [9.17, 15) is 4.79 Å². The molecule has 0 saturated heterocycles. The molecule has 1 heterocycles. The fourth-order valence-electron chi connectivity index (χ4n) is 3.24. The van der Waals surface area contributed by atoms with Crippen LogP contribution in [0.3, 0.4) is 0 Å². The van der Waals surface area contributed by atoms with Gasteiger partial charge in [0, 0.05) is 31.4 Å². The smallest absolute Gasteiger partial charge is 0.257 e. The van der Waals surface area contributed by atoms with Gasteiger partial charge in [-0.3, -0.25) is 4.79 Å². The van der Waals surface area contributed by atoms with Crippen molar-refractivity contribution in [3.63, 3.8) is 0 Å². The maximum Gasteiger partial charge on any atom is 0.257 e. The van der Waals surface area contributed by atoms with Gasteiger partial charge in [0.1, 0.15) is 5.82 Å². The molecule has 1 amide bonds. The Morgan fingerprint density at radius 2 is 1.71 bits per heavy atom. The first-order valence-electron chi connectivity index (χ1n) is 9.19. The normalized spacial score (nSPS) is 10.8. The standard InChI is InChI=1S/C23H22N4O/c1-26(2)19-12-10-17(11-13-19)16-27-22(14-15-24-27)25-23(28)21-9-5-7-18-6-3-4-8-20(18)21/h3-15H,16H2,1-2H3,(H,25,28). The van der Waals surface area contributed by atoms with Gasteiger partial charge in [-0.2, -0.15) is 5.10 Å². The van der Waals surface area contributed by atoms with Crippen molar-refractivity contribution in [1.82, 2.24) is 9.78 Å². The van der Waals surface area contributed by atoms with Crippen molar-refractivity contribution >= 4 is 28.2 Å². The third-order valence-electron chi connectivity index (χ3n) is 4.78. The van der Waals surface area contributed by atoms with Gasteiger partial charge in [0.05, 0.1) is 12.7 Å². The van der Waals surface area contributed by atoms with Gasteiger partial charge in [0.25, 0.3) is 5.91 Å². The Labute approximate surface area is 164 Å². The topological polar surface area (TPSA) is 50.2 Å². The summed E-state index contributed by atoms with van der Waals surface area (Å²) in [4.78, 5) is 15.0. The lowest BCUT2D eigenvalue weighted by atomic mass is 10.0. The van der Waals surface area contributed by atoms with Crippen molar-refractivity contribution in [1.29, 1.82) is 0 Å². The molecule has 5 nitrogen and oxygen atoms in total. The Kier molecular flexibility index (Phi) is 4.81. The van der Waals surface area contributed by atoms with Crippen LogP contribution in [0.2, 0.25) is 0 Å². The number of fused-ring (bicyclic) bond motifs is 1. The summed E-state index contributed by atoms with van der Waals surface area (Å²) in [6.45, 7) is 0.589. The molecular formula is C23H22N4O. The lowest BCUT2D eigenvalue weighted by Crippen LogP contribution is -2.16. The zero-order chi connectivity index (χ0) is 19.5. The number of nitrogens with zero attached hydrogens (tertiary/aromatic N) is 3. The van der Waals surface area contributed by atoms with Crippen LogP contribution in [0.15, 0.2) is 79.0 Å². The number of aromatic nitrogens is 2.